The number of nitrogens with zero attached hydrogens (tertiary/aromatic N) is 4. The normalized spacial score (nSPS) is 12.0. The molecule has 0 unspecified atom stereocenters. The Balaban J connectivity index is 1.64. The molecule has 0 aliphatic carbocycles. The van der Waals surface area contributed by atoms with Crippen LogP contribution in [0.15, 0.2) is 60.7 Å². The van der Waals surface area contributed by atoms with Crippen LogP contribution in [0.4, 0.5) is 13.2 Å². The summed E-state index contributed by atoms with van der Waals surface area (Å²) >= 11 is 0. The van der Waals surface area contributed by atoms with Gasteiger partial charge in [-0.05, 0) is 75.3 Å². The standard InChI is InChI=1S/C39H53F3N4O3/c1-6-11-22-46-35-27-34(47-23-14-20-44(7-2)8-3)28-36(48-24-15-21-45(9-4)10-5)37(35)43-38(46)31-17-12-16-30(25-31)29-49-33-19-13-18-32(26-33)39(40,41)42/h12-13,16-19,25-28H,6-11,14-15,20-24,29H2,1-5H3. The number of aryl methyl sites for hydroxylation is 1. The van der Waals surface area contributed by atoms with Gasteiger partial charge in [-0.1, -0.05) is 65.3 Å². The van der Waals surface area contributed by atoms with Gasteiger partial charge in [-0.25, -0.2) is 4.98 Å². The smallest absolute Gasteiger partial charge is 0.416 e. The van der Waals surface area contributed by atoms with Crippen molar-refractivity contribution in [2.45, 2.75) is 79.6 Å². The Hall–Kier alpha value is -3.76. The second-order valence-electron chi connectivity index (χ2n) is 12.2. The Morgan fingerprint density at radius 3 is 2.04 bits per heavy atom. The van der Waals surface area contributed by atoms with Crippen LogP contribution in [-0.4, -0.2) is 71.8 Å². The predicted octanol–water partition coefficient (Wildman–Crippen LogP) is 9.32. The molecular weight excluding hydrogens is 629 g/mol. The molecule has 3 aromatic carbocycles. The third-order valence-electron chi connectivity index (χ3n) is 8.83. The molecule has 0 N–H and O–H groups in total. The minimum Gasteiger partial charge on any atom is -0.493 e. The van der Waals surface area contributed by atoms with Crippen molar-refractivity contribution in [3.05, 3.63) is 71.8 Å². The van der Waals surface area contributed by atoms with Gasteiger partial charge in [0, 0.05) is 37.3 Å². The van der Waals surface area contributed by atoms with Crippen LogP contribution in [0.25, 0.3) is 22.4 Å². The van der Waals surface area contributed by atoms with E-state index in [4.69, 9.17) is 19.2 Å². The van der Waals surface area contributed by atoms with Gasteiger partial charge in [0.15, 0.2) is 5.75 Å². The molecule has 0 bridgehead atoms. The number of imidazole rings is 1. The van der Waals surface area contributed by atoms with Gasteiger partial charge in [-0.2, -0.15) is 13.2 Å². The monoisotopic (exact) mass is 682 g/mol. The molecule has 1 aromatic heterocycles. The minimum absolute atomic E-state index is 0.122. The average molecular weight is 683 g/mol. The number of rotatable bonds is 21. The van der Waals surface area contributed by atoms with E-state index in [2.05, 4.69) is 55.1 Å². The number of fused-ring (bicyclic) bond motifs is 1. The molecule has 1 heterocycles. The lowest BCUT2D eigenvalue weighted by Crippen LogP contribution is -2.25. The molecule has 4 aromatic rings. The fraction of sp³-hybridized carbons (Fsp3) is 0.513. The zero-order valence-electron chi connectivity index (χ0n) is 29.8. The van der Waals surface area contributed by atoms with Gasteiger partial charge in [0.05, 0.1) is 24.3 Å². The maximum absolute atomic E-state index is 13.2. The molecule has 0 aliphatic heterocycles. The predicted molar refractivity (Wildman–Crippen MR) is 192 cm³/mol. The molecular formula is C39H53F3N4O3. The Labute approximate surface area is 290 Å². The number of unbranched alkanes of at least 4 members (excludes halogenated alkanes) is 1. The van der Waals surface area contributed by atoms with E-state index in [0.29, 0.717) is 19.0 Å². The summed E-state index contributed by atoms with van der Waals surface area (Å²) in [5.41, 5.74) is 2.73. The SMILES string of the molecule is CCCCn1c(-c2cccc(COc3cccc(C(F)(F)F)c3)c2)nc2c(OCCCN(CC)CC)cc(OCCCN(CC)CC)cc21. The highest BCUT2D eigenvalue weighted by Crippen LogP contribution is 2.36. The minimum atomic E-state index is -4.43. The number of alkyl halides is 3. The number of hydrogen-bond acceptors (Lipinski definition) is 6. The highest BCUT2D eigenvalue weighted by Gasteiger charge is 2.30. The highest BCUT2D eigenvalue weighted by atomic mass is 19.4. The maximum atomic E-state index is 13.2. The summed E-state index contributed by atoms with van der Waals surface area (Å²) in [6, 6.07) is 16.8. The molecule has 0 saturated carbocycles. The Bertz CT molecular complexity index is 1580. The van der Waals surface area contributed by atoms with Crippen molar-refractivity contribution in [2.75, 3.05) is 52.5 Å². The summed E-state index contributed by atoms with van der Waals surface area (Å²) in [5.74, 6) is 2.44. The fourth-order valence-corrected chi connectivity index (χ4v) is 5.88. The van der Waals surface area contributed by atoms with Crippen molar-refractivity contribution in [3.63, 3.8) is 0 Å². The van der Waals surface area contributed by atoms with Gasteiger partial charge in [0.25, 0.3) is 0 Å². The Kier molecular flexibility index (Phi) is 14.6. The number of halogens is 3. The van der Waals surface area contributed by atoms with Crippen molar-refractivity contribution in [1.29, 1.82) is 0 Å². The van der Waals surface area contributed by atoms with Crippen molar-refractivity contribution >= 4 is 11.0 Å². The first-order valence-corrected chi connectivity index (χ1v) is 17.8. The van der Waals surface area contributed by atoms with E-state index in [1.165, 1.54) is 12.1 Å². The molecule has 49 heavy (non-hydrogen) atoms. The van der Waals surface area contributed by atoms with Crippen LogP contribution >= 0.6 is 0 Å². The first-order valence-electron chi connectivity index (χ1n) is 17.8. The molecule has 268 valence electrons. The largest absolute Gasteiger partial charge is 0.493 e. The summed E-state index contributed by atoms with van der Waals surface area (Å²) in [4.78, 5) is 9.94. The zero-order valence-corrected chi connectivity index (χ0v) is 29.8. The van der Waals surface area contributed by atoms with Gasteiger partial charge in [-0.3, -0.25) is 0 Å². The van der Waals surface area contributed by atoms with Gasteiger partial charge >= 0.3 is 6.18 Å². The van der Waals surface area contributed by atoms with Crippen LogP contribution in [0.1, 0.15) is 71.4 Å². The van der Waals surface area contributed by atoms with E-state index in [1.807, 2.05) is 30.3 Å². The van der Waals surface area contributed by atoms with Crippen molar-refractivity contribution in [3.8, 4) is 28.6 Å². The van der Waals surface area contributed by atoms with Gasteiger partial charge < -0.3 is 28.6 Å². The summed E-state index contributed by atoms with van der Waals surface area (Å²) in [6.07, 6.45) is -0.627. The van der Waals surface area contributed by atoms with Crippen molar-refractivity contribution in [1.82, 2.24) is 19.4 Å². The molecule has 7 nitrogen and oxygen atoms in total. The molecule has 0 fully saturated rings. The van der Waals surface area contributed by atoms with Crippen molar-refractivity contribution in [2.24, 2.45) is 0 Å². The quantitative estimate of drug-likeness (QED) is 0.0817. The number of benzene rings is 3. The van der Waals surface area contributed by atoms with Crippen molar-refractivity contribution < 1.29 is 27.4 Å². The van der Waals surface area contributed by atoms with Crippen LogP contribution in [-0.2, 0) is 19.3 Å². The van der Waals surface area contributed by atoms with E-state index in [-0.39, 0.29) is 12.4 Å². The molecule has 0 spiro atoms. The van der Waals surface area contributed by atoms with Crippen LogP contribution in [0.3, 0.4) is 0 Å². The Morgan fingerprint density at radius 1 is 0.714 bits per heavy atom. The number of hydrogen-bond donors (Lipinski definition) is 0. The lowest BCUT2D eigenvalue weighted by Gasteiger charge is -2.18. The maximum Gasteiger partial charge on any atom is 0.416 e. The fourth-order valence-electron chi connectivity index (χ4n) is 5.88. The third kappa shape index (κ3) is 10.9. The molecule has 10 heteroatoms. The Morgan fingerprint density at radius 2 is 1.39 bits per heavy atom. The zero-order chi connectivity index (χ0) is 35.2. The van der Waals surface area contributed by atoms with Gasteiger partial charge in [0.2, 0.25) is 0 Å². The number of ether oxygens (including phenoxy) is 3. The van der Waals surface area contributed by atoms with E-state index in [9.17, 15) is 13.2 Å². The second-order valence-corrected chi connectivity index (χ2v) is 12.2. The lowest BCUT2D eigenvalue weighted by atomic mass is 10.1. The molecule has 0 aliphatic rings. The van der Waals surface area contributed by atoms with E-state index < -0.39 is 11.7 Å². The van der Waals surface area contributed by atoms with E-state index in [1.54, 1.807) is 0 Å². The molecule has 4 rings (SSSR count). The molecule has 0 atom stereocenters. The summed E-state index contributed by atoms with van der Waals surface area (Å²) in [7, 11) is 0. The number of aromatic nitrogens is 2. The summed E-state index contributed by atoms with van der Waals surface area (Å²) in [6.45, 7) is 18.9. The summed E-state index contributed by atoms with van der Waals surface area (Å²) in [5, 5.41) is 0. The van der Waals surface area contributed by atoms with Crippen LogP contribution in [0, 0.1) is 0 Å². The second kappa shape index (κ2) is 18.9. The lowest BCUT2D eigenvalue weighted by molar-refractivity contribution is -0.137. The molecule has 0 saturated heterocycles. The van der Waals surface area contributed by atoms with Crippen LogP contribution in [0.2, 0.25) is 0 Å². The molecule has 0 amide bonds. The van der Waals surface area contributed by atoms with Gasteiger partial charge in [0.1, 0.15) is 29.4 Å². The average Bonchev–Trinajstić information content (AvgIpc) is 3.48. The topological polar surface area (TPSA) is 52.0 Å². The highest BCUT2D eigenvalue weighted by molar-refractivity contribution is 5.87. The summed E-state index contributed by atoms with van der Waals surface area (Å²) < 4.78 is 60.5. The van der Waals surface area contributed by atoms with E-state index in [0.717, 1.165) is 117 Å². The third-order valence-corrected chi connectivity index (χ3v) is 8.83. The van der Waals surface area contributed by atoms with Crippen LogP contribution in [0.5, 0.6) is 17.2 Å². The van der Waals surface area contributed by atoms with Crippen LogP contribution < -0.4 is 14.2 Å². The first kappa shape index (κ1) is 38.0. The molecule has 0 radical (unpaired) electrons. The van der Waals surface area contributed by atoms with E-state index >= 15 is 0 Å². The first-order chi connectivity index (χ1) is 23.7. The van der Waals surface area contributed by atoms with Gasteiger partial charge in [-0.15, -0.1) is 0 Å².